The number of hydrogen-bond donors (Lipinski definition) is 1. The molecule has 0 fully saturated rings. The number of carbonyl (C=O) groups excluding carboxylic acids is 2. The van der Waals surface area contributed by atoms with Gasteiger partial charge in [0.2, 0.25) is 5.91 Å². The molecular formula is C10H19NO2S. The van der Waals surface area contributed by atoms with Gasteiger partial charge in [0.25, 0.3) is 0 Å². The molecule has 0 aromatic heterocycles. The molecular weight excluding hydrogens is 198 g/mol. The molecule has 0 radical (unpaired) electrons. The second-order valence-corrected chi connectivity index (χ2v) is 4.88. The molecule has 1 amide bonds. The van der Waals surface area contributed by atoms with E-state index in [4.69, 9.17) is 0 Å². The van der Waals surface area contributed by atoms with Crippen LogP contribution in [0.4, 0.5) is 0 Å². The lowest BCUT2D eigenvalue weighted by Crippen LogP contribution is -2.52. The van der Waals surface area contributed by atoms with Gasteiger partial charge in [-0.3, -0.25) is 9.59 Å². The number of Topliss-reactive ketones (excluding diaryl/α,β-unsaturated/α-hetero) is 1. The van der Waals surface area contributed by atoms with E-state index in [0.29, 0.717) is 0 Å². The Morgan fingerprint density at radius 3 is 2.07 bits per heavy atom. The first-order chi connectivity index (χ1) is 6.24. The molecule has 0 saturated heterocycles. The monoisotopic (exact) mass is 217 g/mol. The highest BCUT2D eigenvalue weighted by molar-refractivity contribution is 7.81. The molecule has 0 heterocycles. The van der Waals surface area contributed by atoms with Crippen LogP contribution in [0.25, 0.3) is 0 Å². The maximum Gasteiger partial charge on any atom is 0.219 e. The highest BCUT2D eigenvalue weighted by Gasteiger charge is 2.36. The first kappa shape index (κ1) is 13.5. The van der Waals surface area contributed by atoms with Gasteiger partial charge in [-0.25, -0.2) is 0 Å². The number of amides is 1. The van der Waals surface area contributed by atoms with Gasteiger partial charge < -0.3 is 4.90 Å². The first-order valence-corrected chi connectivity index (χ1v) is 5.15. The minimum atomic E-state index is -0.466. The molecule has 3 nitrogen and oxygen atoms in total. The smallest absolute Gasteiger partial charge is 0.219 e. The third-order valence-electron chi connectivity index (χ3n) is 2.57. The molecule has 4 heteroatoms. The topological polar surface area (TPSA) is 37.4 Å². The number of ketones is 1. The first-order valence-electron chi connectivity index (χ1n) is 4.70. The highest BCUT2D eigenvalue weighted by Crippen LogP contribution is 2.27. The van der Waals surface area contributed by atoms with Crippen LogP contribution in [0.2, 0.25) is 0 Å². The summed E-state index contributed by atoms with van der Waals surface area (Å²) in [6.45, 7) is 6.78. The molecule has 0 N–H and O–H groups in total. The summed E-state index contributed by atoms with van der Waals surface area (Å²) in [6.07, 6.45) is 0.734. The molecule has 82 valence electrons. The van der Waals surface area contributed by atoms with Crippen LogP contribution in [0.1, 0.15) is 34.1 Å². The van der Waals surface area contributed by atoms with Gasteiger partial charge in [-0.15, -0.1) is 0 Å². The zero-order chi connectivity index (χ0) is 11.5. The predicted octanol–water partition coefficient (Wildman–Crippen LogP) is 1.52. The van der Waals surface area contributed by atoms with Crippen molar-refractivity contribution in [2.24, 2.45) is 0 Å². The molecule has 14 heavy (non-hydrogen) atoms. The van der Waals surface area contributed by atoms with Gasteiger partial charge >= 0.3 is 0 Å². The second kappa shape index (κ2) is 4.82. The van der Waals surface area contributed by atoms with E-state index in [0.717, 1.165) is 6.42 Å². The van der Waals surface area contributed by atoms with E-state index >= 15 is 0 Å². The third kappa shape index (κ3) is 3.01. The number of rotatable bonds is 4. The van der Waals surface area contributed by atoms with Crippen LogP contribution in [-0.4, -0.2) is 34.4 Å². The average molecular weight is 217 g/mol. The van der Waals surface area contributed by atoms with E-state index in [1.807, 2.05) is 13.8 Å². The van der Waals surface area contributed by atoms with Gasteiger partial charge in [0, 0.05) is 18.7 Å². The van der Waals surface area contributed by atoms with E-state index in [-0.39, 0.29) is 11.7 Å². The molecule has 0 aliphatic heterocycles. The fourth-order valence-electron chi connectivity index (χ4n) is 1.50. The van der Waals surface area contributed by atoms with E-state index in [2.05, 4.69) is 12.6 Å². The van der Waals surface area contributed by atoms with Crippen molar-refractivity contribution < 1.29 is 9.59 Å². The van der Waals surface area contributed by atoms with Crippen molar-refractivity contribution in [3.8, 4) is 0 Å². The zero-order valence-corrected chi connectivity index (χ0v) is 10.4. The Morgan fingerprint density at radius 2 is 1.86 bits per heavy atom. The van der Waals surface area contributed by atoms with Gasteiger partial charge in [-0.05, 0) is 20.3 Å². The van der Waals surface area contributed by atoms with Crippen molar-refractivity contribution in [1.82, 2.24) is 4.90 Å². The maximum absolute atomic E-state index is 11.5. The van der Waals surface area contributed by atoms with Crippen LogP contribution in [0.15, 0.2) is 0 Å². The van der Waals surface area contributed by atoms with Gasteiger partial charge in [0.05, 0.1) is 0 Å². The van der Waals surface area contributed by atoms with E-state index in [1.165, 1.54) is 18.7 Å². The zero-order valence-electron chi connectivity index (χ0n) is 9.50. The number of carbonyl (C=O) groups is 2. The molecule has 0 aromatic rings. The van der Waals surface area contributed by atoms with Crippen molar-refractivity contribution in [2.45, 2.75) is 44.9 Å². The lowest BCUT2D eigenvalue weighted by molar-refractivity contribution is -0.136. The Bertz CT molecular complexity index is 238. The summed E-state index contributed by atoms with van der Waals surface area (Å²) < 4.78 is -0.466. The average Bonchev–Trinajstić information content (AvgIpc) is 2.03. The minimum Gasteiger partial charge on any atom is -0.335 e. The summed E-state index contributed by atoms with van der Waals surface area (Å²) in [6, 6.07) is -0.451. The summed E-state index contributed by atoms with van der Waals surface area (Å²) in [4.78, 5) is 24.1. The molecule has 0 saturated carbocycles. The number of hydrogen-bond acceptors (Lipinski definition) is 3. The number of thiol groups is 1. The number of likely N-dealkylation sites (N-methyl/N-ethyl adjacent to an activating group) is 1. The van der Waals surface area contributed by atoms with Crippen LogP contribution in [-0.2, 0) is 9.59 Å². The van der Waals surface area contributed by atoms with Gasteiger partial charge in [0.15, 0.2) is 5.78 Å². The third-order valence-corrected chi connectivity index (χ3v) is 3.13. The standard InChI is InChI=1S/C10H19NO2S/c1-6-10(4,14)9(7(2)12)11(5)8(3)13/h9,14H,6H2,1-5H3. The van der Waals surface area contributed by atoms with E-state index < -0.39 is 10.8 Å². The normalized spacial score (nSPS) is 17.0. The van der Waals surface area contributed by atoms with Crippen molar-refractivity contribution in [1.29, 1.82) is 0 Å². The van der Waals surface area contributed by atoms with Crippen molar-refractivity contribution in [3.63, 3.8) is 0 Å². The SMILES string of the molecule is CCC(C)(S)C(C(C)=O)N(C)C(C)=O. The van der Waals surface area contributed by atoms with Crippen LogP contribution < -0.4 is 0 Å². The van der Waals surface area contributed by atoms with Crippen LogP contribution in [0, 0.1) is 0 Å². The fraction of sp³-hybridized carbons (Fsp3) is 0.800. The van der Waals surface area contributed by atoms with Gasteiger partial charge in [-0.2, -0.15) is 12.6 Å². The Hall–Kier alpha value is -0.510. The summed E-state index contributed by atoms with van der Waals surface area (Å²) in [7, 11) is 1.64. The van der Waals surface area contributed by atoms with Gasteiger partial charge in [0.1, 0.15) is 6.04 Å². The van der Waals surface area contributed by atoms with E-state index in [1.54, 1.807) is 7.05 Å². The minimum absolute atomic E-state index is 0.0259. The van der Waals surface area contributed by atoms with Crippen molar-refractivity contribution in [2.75, 3.05) is 7.05 Å². The second-order valence-electron chi connectivity index (χ2n) is 3.85. The Labute approximate surface area is 91.3 Å². The molecule has 0 aliphatic rings. The van der Waals surface area contributed by atoms with Crippen LogP contribution in [0.5, 0.6) is 0 Å². The quantitative estimate of drug-likeness (QED) is 0.725. The number of nitrogens with zero attached hydrogens (tertiary/aromatic N) is 1. The Morgan fingerprint density at radius 1 is 1.43 bits per heavy atom. The molecule has 0 bridgehead atoms. The molecule has 2 unspecified atom stereocenters. The molecule has 0 aromatic carbocycles. The Balaban J connectivity index is 4.96. The van der Waals surface area contributed by atoms with Crippen molar-refractivity contribution in [3.05, 3.63) is 0 Å². The Kier molecular flexibility index (Phi) is 4.65. The summed E-state index contributed by atoms with van der Waals surface area (Å²) in [5.74, 6) is -0.138. The predicted molar refractivity (Wildman–Crippen MR) is 60.6 cm³/mol. The van der Waals surface area contributed by atoms with Crippen LogP contribution >= 0.6 is 12.6 Å². The summed E-state index contributed by atoms with van der Waals surface area (Å²) >= 11 is 4.44. The van der Waals surface area contributed by atoms with E-state index in [9.17, 15) is 9.59 Å². The fourth-order valence-corrected chi connectivity index (χ4v) is 1.86. The highest BCUT2D eigenvalue weighted by atomic mass is 32.1. The lowest BCUT2D eigenvalue weighted by Gasteiger charge is -2.36. The summed E-state index contributed by atoms with van der Waals surface area (Å²) in [5, 5.41) is 0. The largest absolute Gasteiger partial charge is 0.335 e. The molecule has 0 aliphatic carbocycles. The van der Waals surface area contributed by atoms with Crippen LogP contribution in [0.3, 0.4) is 0 Å². The van der Waals surface area contributed by atoms with Crippen molar-refractivity contribution >= 4 is 24.3 Å². The lowest BCUT2D eigenvalue weighted by atomic mass is 9.93. The molecule has 0 rings (SSSR count). The molecule has 0 spiro atoms. The molecule has 2 atom stereocenters. The van der Waals surface area contributed by atoms with Gasteiger partial charge in [-0.1, -0.05) is 6.92 Å². The maximum atomic E-state index is 11.5. The summed E-state index contributed by atoms with van der Waals surface area (Å²) in [5.41, 5.74) is 0.